The lowest BCUT2D eigenvalue weighted by Crippen LogP contribution is -2.67. The summed E-state index contributed by atoms with van der Waals surface area (Å²) in [6.07, 6.45) is 17.7. The van der Waals surface area contributed by atoms with Crippen molar-refractivity contribution in [2.75, 3.05) is 11.9 Å². The maximum Gasteiger partial charge on any atom is 0.310 e. The number of hydrogen-bond donors (Lipinski definition) is 3. The lowest BCUT2D eigenvalue weighted by molar-refractivity contribution is -0.383. The molecule has 0 amide bonds. The molecule has 12 heteroatoms. The van der Waals surface area contributed by atoms with Crippen molar-refractivity contribution in [3.63, 3.8) is 0 Å². The number of carbonyl (C=O) groups excluding carboxylic acids is 1. The Morgan fingerprint density at radius 2 is 1.54 bits per heavy atom. The van der Waals surface area contributed by atoms with E-state index in [4.69, 9.17) is 9.37 Å². The number of rotatable bonds is 15. The van der Waals surface area contributed by atoms with Gasteiger partial charge in [-0.1, -0.05) is 98.6 Å². The number of benzene rings is 1. The van der Waals surface area contributed by atoms with Crippen LogP contribution in [0.4, 0.5) is 11.4 Å². The number of anilines is 1. The number of esters is 1. The summed E-state index contributed by atoms with van der Waals surface area (Å²) in [5.74, 6) is -0.105. The Morgan fingerprint density at radius 3 is 2.24 bits per heavy atom. The minimum atomic E-state index is -0.723. The zero-order valence-electron chi connectivity index (χ0n) is 36.7. The Morgan fingerprint density at radius 1 is 0.881 bits per heavy atom. The van der Waals surface area contributed by atoms with E-state index in [0.717, 1.165) is 109 Å². The smallest absolute Gasteiger partial charge is 0.310 e. The molecule has 1 aromatic heterocycles. The number of non-ortho nitro benzene ring substituents is 1. The summed E-state index contributed by atoms with van der Waals surface area (Å²) in [5.41, 5.74) is 1.29. The Labute approximate surface area is 350 Å². The van der Waals surface area contributed by atoms with Gasteiger partial charge >= 0.3 is 17.6 Å². The van der Waals surface area contributed by atoms with Gasteiger partial charge in [-0.3, -0.25) is 19.7 Å². The number of unbranched alkanes of at least 4 members (excludes halogenated alkanes) is 7. The summed E-state index contributed by atoms with van der Waals surface area (Å²) in [4.78, 5) is 37.2. The van der Waals surface area contributed by atoms with Gasteiger partial charge in [-0.2, -0.15) is 0 Å². The number of carbonyl (C=O) groups is 2. The highest BCUT2D eigenvalue weighted by Crippen LogP contribution is 2.76. The third-order valence-electron chi connectivity index (χ3n) is 17.5. The zero-order valence-corrected chi connectivity index (χ0v) is 36.7. The minimum absolute atomic E-state index is 0.0169. The van der Waals surface area contributed by atoms with Crippen LogP contribution < -0.4 is 5.32 Å². The molecule has 0 bridgehead atoms. The fourth-order valence-corrected chi connectivity index (χ4v) is 13.9. The molecule has 4 saturated carbocycles. The van der Waals surface area contributed by atoms with Gasteiger partial charge in [-0.15, -0.1) is 0 Å². The molecular formula is C47H70N4O8. The van der Waals surface area contributed by atoms with Crippen molar-refractivity contribution >= 4 is 34.3 Å². The molecule has 7 rings (SSSR count). The molecular weight excluding hydrogens is 749 g/mol. The molecule has 59 heavy (non-hydrogen) atoms. The highest BCUT2D eigenvalue weighted by Gasteiger charge is 2.70. The summed E-state index contributed by atoms with van der Waals surface area (Å²) in [6, 6.07) is 3.06. The number of fused-ring (bicyclic) bond motifs is 8. The summed E-state index contributed by atoms with van der Waals surface area (Å²) < 4.78 is 11.0. The van der Waals surface area contributed by atoms with Gasteiger partial charge in [0.2, 0.25) is 5.52 Å². The molecule has 0 unspecified atom stereocenters. The highest BCUT2D eigenvalue weighted by molar-refractivity contribution is 5.93. The van der Waals surface area contributed by atoms with E-state index in [1.807, 2.05) is 0 Å². The third kappa shape index (κ3) is 7.49. The first kappa shape index (κ1) is 43.5. The fraction of sp³-hybridized carbons (Fsp3) is 0.787. The molecule has 5 aliphatic carbocycles. The van der Waals surface area contributed by atoms with Gasteiger partial charge in [-0.05, 0) is 132 Å². The second-order valence-electron chi connectivity index (χ2n) is 21.5. The molecule has 1 aromatic carbocycles. The molecule has 4 fully saturated rings. The predicted molar refractivity (Wildman–Crippen MR) is 226 cm³/mol. The van der Waals surface area contributed by atoms with Crippen LogP contribution in [0.2, 0.25) is 0 Å². The molecule has 12 nitrogen and oxygen atoms in total. The van der Waals surface area contributed by atoms with Gasteiger partial charge < -0.3 is 20.3 Å². The summed E-state index contributed by atoms with van der Waals surface area (Å²) in [7, 11) is 0. The molecule has 0 saturated heterocycles. The van der Waals surface area contributed by atoms with E-state index in [0.29, 0.717) is 35.9 Å². The van der Waals surface area contributed by atoms with Gasteiger partial charge in [0.25, 0.3) is 0 Å². The monoisotopic (exact) mass is 819 g/mol. The number of nitro benzene ring substituents is 1. The molecule has 3 N–H and O–H groups in total. The molecule has 9 atom stereocenters. The number of carboxylic acid groups (broad SMARTS) is 1. The van der Waals surface area contributed by atoms with Crippen LogP contribution in [0, 0.1) is 60.4 Å². The van der Waals surface area contributed by atoms with Crippen LogP contribution in [0.15, 0.2) is 28.4 Å². The topological polar surface area (TPSA) is 178 Å². The van der Waals surface area contributed by atoms with Crippen molar-refractivity contribution in [3.8, 4) is 0 Å². The van der Waals surface area contributed by atoms with Crippen molar-refractivity contribution in [1.82, 2.24) is 10.3 Å². The number of aromatic nitrogens is 2. The number of nitrogens with zero attached hydrogens (tertiary/aromatic N) is 3. The minimum Gasteiger partial charge on any atom is -0.481 e. The van der Waals surface area contributed by atoms with Crippen molar-refractivity contribution in [1.29, 1.82) is 0 Å². The first-order chi connectivity index (χ1) is 27.8. The average Bonchev–Trinajstić information content (AvgIpc) is 3.66. The highest BCUT2D eigenvalue weighted by atomic mass is 16.6. The first-order valence-electron chi connectivity index (χ1n) is 22.8. The lowest BCUT2D eigenvalue weighted by atomic mass is 9.33. The molecule has 0 spiro atoms. The van der Waals surface area contributed by atoms with Crippen LogP contribution in [-0.2, 0) is 14.3 Å². The Kier molecular flexibility index (Phi) is 11.8. The van der Waals surface area contributed by atoms with Crippen LogP contribution in [0.25, 0.3) is 11.0 Å². The van der Waals surface area contributed by atoms with E-state index in [1.165, 1.54) is 11.6 Å². The van der Waals surface area contributed by atoms with Crippen molar-refractivity contribution < 1.29 is 34.1 Å². The van der Waals surface area contributed by atoms with Crippen LogP contribution in [0.5, 0.6) is 0 Å². The van der Waals surface area contributed by atoms with Gasteiger partial charge in [0.15, 0.2) is 5.52 Å². The summed E-state index contributed by atoms with van der Waals surface area (Å²) >= 11 is 0. The summed E-state index contributed by atoms with van der Waals surface area (Å²) in [5, 5.41) is 44.6. The average molecular weight is 819 g/mol. The zero-order chi connectivity index (χ0) is 42.6. The normalized spacial score (nSPS) is 35.7. The van der Waals surface area contributed by atoms with E-state index < -0.39 is 33.9 Å². The predicted octanol–water partition coefficient (Wildman–Crippen LogP) is 10.8. The standard InChI is InChI=1S/C47H70N4O8/c1-42(2)23-25-47(41(54)55)26-24-45(6)30(31(47)28-42)17-20-36-44(5)29-34(40(53)43(3,4)35(44)21-22-46(36,45)7)58-37(52)16-14-12-10-8-9-11-13-15-27-48-32-18-19-33(51(56)57)39-38(32)49-59-50-39/h17-19,31,34-36,40,48,53H,8-16,20-29H2,1-7H3,(H,54,55)/t31-,34+,35-,36+,40-,44-,45+,46+,47-/m0/s1. The van der Waals surface area contributed by atoms with Gasteiger partial charge in [-0.25, -0.2) is 4.63 Å². The molecule has 1 heterocycles. The van der Waals surface area contributed by atoms with Crippen LogP contribution >= 0.6 is 0 Å². The quantitative estimate of drug-likeness (QED) is 0.0512. The molecule has 326 valence electrons. The number of ether oxygens (including phenoxy) is 1. The van der Waals surface area contributed by atoms with Gasteiger partial charge in [0, 0.05) is 19.0 Å². The van der Waals surface area contributed by atoms with E-state index in [9.17, 15) is 29.9 Å². The van der Waals surface area contributed by atoms with Crippen molar-refractivity contribution in [2.45, 2.75) is 176 Å². The fourth-order valence-electron chi connectivity index (χ4n) is 13.9. The Balaban J connectivity index is 0.890. The number of nitrogens with one attached hydrogen (secondary N) is 1. The number of nitro groups is 1. The SMILES string of the molecule is CC1(C)CC[C@]2(C(=O)O)CC[C@]3(C)C(=CC[C@@H]4[C@@]5(C)C[C@@H](OC(=O)CCCCCCCCCCNc6ccc([N+](=O)[O-])c7nonc67)[C@H](O)C(C)(C)[C@@H]5CC[C@]43C)[C@@H]2C1. The molecule has 2 aromatic rings. The van der Waals surface area contributed by atoms with Crippen LogP contribution in [0.3, 0.4) is 0 Å². The second kappa shape index (κ2) is 16.1. The third-order valence-corrected chi connectivity index (χ3v) is 17.5. The second-order valence-corrected chi connectivity index (χ2v) is 21.5. The first-order valence-corrected chi connectivity index (χ1v) is 22.8. The molecule has 5 aliphatic rings. The number of aliphatic carboxylic acids is 1. The lowest BCUT2D eigenvalue weighted by Gasteiger charge is -2.71. The van der Waals surface area contributed by atoms with E-state index in [2.05, 4.69) is 70.2 Å². The largest absolute Gasteiger partial charge is 0.481 e. The van der Waals surface area contributed by atoms with Gasteiger partial charge in [0.05, 0.1) is 22.1 Å². The van der Waals surface area contributed by atoms with E-state index >= 15 is 0 Å². The number of carboxylic acids is 1. The Hall–Kier alpha value is -3.54. The van der Waals surface area contributed by atoms with Crippen LogP contribution in [-0.4, -0.2) is 56.1 Å². The number of allylic oxidation sites excluding steroid dienone is 2. The van der Waals surface area contributed by atoms with Crippen LogP contribution in [0.1, 0.15) is 164 Å². The van der Waals surface area contributed by atoms with E-state index in [-0.39, 0.29) is 44.8 Å². The van der Waals surface area contributed by atoms with Crippen molar-refractivity contribution in [3.05, 3.63) is 33.9 Å². The Bertz CT molecular complexity index is 1940. The number of hydrogen-bond acceptors (Lipinski definition) is 10. The summed E-state index contributed by atoms with van der Waals surface area (Å²) in [6.45, 7) is 17.1. The number of aliphatic hydroxyl groups excluding tert-OH is 1. The maximum absolute atomic E-state index is 13.4. The van der Waals surface area contributed by atoms with Crippen molar-refractivity contribution in [2.24, 2.45) is 50.2 Å². The maximum atomic E-state index is 13.4. The van der Waals surface area contributed by atoms with Gasteiger partial charge in [0.1, 0.15) is 6.10 Å². The molecule has 0 aliphatic heterocycles. The van der Waals surface area contributed by atoms with E-state index in [1.54, 1.807) is 6.07 Å². The number of aliphatic hydroxyl groups is 1. The molecule has 0 radical (unpaired) electrons.